The molecule has 0 spiro atoms. The second-order valence-corrected chi connectivity index (χ2v) is 8.24. The monoisotopic (exact) mass is 417 g/mol. The van der Waals surface area contributed by atoms with E-state index < -0.39 is 0 Å². The summed E-state index contributed by atoms with van der Waals surface area (Å²) in [4.78, 5) is 30.0. The maximum atomic E-state index is 13.4. The highest BCUT2D eigenvalue weighted by Gasteiger charge is 2.25. The smallest absolute Gasteiger partial charge is 0.254 e. The fourth-order valence-electron chi connectivity index (χ4n) is 3.49. The van der Waals surface area contributed by atoms with Gasteiger partial charge in [-0.3, -0.25) is 9.59 Å². The number of aryl methyl sites for hydroxylation is 2. The number of nitrogens with zero attached hydrogens (tertiary/aromatic N) is 3. The van der Waals surface area contributed by atoms with Crippen molar-refractivity contribution in [2.24, 2.45) is 7.05 Å². The van der Waals surface area contributed by atoms with Crippen LogP contribution in [0.25, 0.3) is 0 Å². The second-order valence-electron chi connectivity index (χ2n) is 8.24. The SMILES string of the molecule is Cc1ccc(C(=O)N(CC(=O)N(Cc2ccccc2)Cc2cccn2C)C(C)C)cc1. The molecule has 2 aromatic carbocycles. The number of amides is 2. The summed E-state index contributed by atoms with van der Waals surface area (Å²) in [6, 6.07) is 21.3. The molecule has 31 heavy (non-hydrogen) atoms. The number of carbonyl (C=O) groups excluding carboxylic acids is 2. The number of rotatable bonds is 8. The van der Waals surface area contributed by atoms with Crippen molar-refractivity contribution in [1.82, 2.24) is 14.4 Å². The van der Waals surface area contributed by atoms with Crippen LogP contribution < -0.4 is 0 Å². The van der Waals surface area contributed by atoms with E-state index in [9.17, 15) is 9.59 Å². The third kappa shape index (κ3) is 5.85. The summed E-state index contributed by atoms with van der Waals surface area (Å²) in [6.07, 6.45) is 1.97. The molecule has 1 aromatic heterocycles. The zero-order valence-electron chi connectivity index (χ0n) is 18.8. The molecule has 0 aliphatic rings. The minimum Gasteiger partial charge on any atom is -0.353 e. The number of carbonyl (C=O) groups is 2. The van der Waals surface area contributed by atoms with Crippen molar-refractivity contribution in [2.45, 2.75) is 39.9 Å². The summed E-state index contributed by atoms with van der Waals surface area (Å²) in [5.74, 6) is -0.193. The Morgan fingerprint density at radius 3 is 2.16 bits per heavy atom. The van der Waals surface area contributed by atoms with Gasteiger partial charge in [0.1, 0.15) is 6.54 Å². The van der Waals surface area contributed by atoms with Crippen molar-refractivity contribution in [1.29, 1.82) is 0 Å². The molecule has 5 nitrogen and oxygen atoms in total. The van der Waals surface area contributed by atoms with E-state index in [1.807, 2.05) is 110 Å². The zero-order valence-corrected chi connectivity index (χ0v) is 18.8. The molecule has 3 rings (SSSR count). The lowest BCUT2D eigenvalue weighted by atomic mass is 10.1. The molecule has 5 heteroatoms. The average molecular weight is 418 g/mol. The summed E-state index contributed by atoms with van der Waals surface area (Å²) >= 11 is 0. The standard InChI is InChI=1S/C26H31N3O2/c1-20(2)29(26(31)23-14-12-21(3)13-15-23)19-25(30)28(17-22-9-6-5-7-10-22)18-24-11-8-16-27(24)4/h5-16,20H,17-19H2,1-4H3. The fraction of sp³-hybridized carbons (Fsp3) is 0.308. The van der Waals surface area contributed by atoms with Gasteiger partial charge >= 0.3 is 0 Å². The Kier molecular flexibility index (Phi) is 7.29. The quantitative estimate of drug-likeness (QED) is 0.545. The van der Waals surface area contributed by atoms with Crippen molar-refractivity contribution in [3.05, 3.63) is 95.3 Å². The number of aromatic nitrogens is 1. The molecular formula is C26H31N3O2. The molecule has 0 bridgehead atoms. The van der Waals surface area contributed by atoms with Gasteiger partial charge in [-0.2, -0.15) is 0 Å². The lowest BCUT2D eigenvalue weighted by Gasteiger charge is -2.30. The highest BCUT2D eigenvalue weighted by molar-refractivity contribution is 5.96. The molecule has 0 N–H and O–H groups in total. The van der Waals surface area contributed by atoms with Crippen molar-refractivity contribution in [2.75, 3.05) is 6.54 Å². The third-order valence-corrected chi connectivity index (χ3v) is 5.46. The number of benzene rings is 2. The first-order valence-corrected chi connectivity index (χ1v) is 10.6. The average Bonchev–Trinajstić information content (AvgIpc) is 3.16. The topological polar surface area (TPSA) is 45.6 Å². The van der Waals surface area contributed by atoms with Gasteiger partial charge in [0.15, 0.2) is 0 Å². The van der Waals surface area contributed by atoms with Gasteiger partial charge in [0, 0.05) is 37.1 Å². The van der Waals surface area contributed by atoms with E-state index in [0.717, 1.165) is 16.8 Å². The molecule has 3 aromatic rings. The van der Waals surface area contributed by atoms with Gasteiger partial charge in [-0.1, -0.05) is 48.0 Å². The van der Waals surface area contributed by atoms with Gasteiger partial charge < -0.3 is 14.4 Å². The van der Waals surface area contributed by atoms with Crippen LogP contribution in [-0.2, 0) is 24.9 Å². The van der Waals surface area contributed by atoms with E-state index in [1.165, 1.54) is 0 Å². The highest BCUT2D eigenvalue weighted by atomic mass is 16.2. The fourth-order valence-corrected chi connectivity index (χ4v) is 3.49. The van der Waals surface area contributed by atoms with Crippen LogP contribution in [0.1, 0.15) is 41.0 Å². The minimum atomic E-state index is -0.123. The zero-order chi connectivity index (χ0) is 22.4. The molecule has 1 heterocycles. The summed E-state index contributed by atoms with van der Waals surface area (Å²) in [5, 5.41) is 0. The van der Waals surface area contributed by atoms with Gasteiger partial charge in [0.2, 0.25) is 5.91 Å². The van der Waals surface area contributed by atoms with E-state index in [2.05, 4.69) is 0 Å². The first-order valence-electron chi connectivity index (χ1n) is 10.6. The Morgan fingerprint density at radius 1 is 0.903 bits per heavy atom. The summed E-state index contributed by atoms with van der Waals surface area (Å²) in [6.45, 7) is 6.90. The predicted molar refractivity (Wildman–Crippen MR) is 123 cm³/mol. The second kappa shape index (κ2) is 10.1. The molecule has 0 aliphatic carbocycles. The maximum Gasteiger partial charge on any atom is 0.254 e. The van der Waals surface area contributed by atoms with Crippen molar-refractivity contribution in [3.8, 4) is 0 Å². The van der Waals surface area contributed by atoms with Crippen LogP contribution in [0.2, 0.25) is 0 Å². The van der Waals surface area contributed by atoms with Crippen LogP contribution in [-0.4, -0.2) is 38.8 Å². The highest BCUT2D eigenvalue weighted by Crippen LogP contribution is 2.14. The third-order valence-electron chi connectivity index (χ3n) is 5.46. The molecule has 162 valence electrons. The summed E-state index contributed by atoms with van der Waals surface area (Å²) < 4.78 is 2.02. The van der Waals surface area contributed by atoms with Crippen molar-refractivity contribution >= 4 is 11.8 Å². The van der Waals surface area contributed by atoms with Crippen molar-refractivity contribution < 1.29 is 9.59 Å². The Bertz CT molecular complexity index is 1010. The predicted octanol–water partition coefficient (Wildman–Crippen LogP) is 4.41. The number of hydrogen-bond acceptors (Lipinski definition) is 2. The van der Waals surface area contributed by atoms with Gasteiger partial charge in [-0.15, -0.1) is 0 Å². The van der Waals surface area contributed by atoms with E-state index in [0.29, 0.717) is 18.7 Å². The molecule has 2 amide bonds. The first-order chi connectivity index (χ1) is 14.8. The van der Waals surface area contributed by atoms with Crippen molar-refractivity contribution in [3.63, 3.8) is 0 Å². The van der Waals surface area contributed by atoms with Gasteiger partial charge in [-0.05, 0) is 50.6 Å². The Morgan fingerprint density at radius 2 is 1.58 bits per heavy atom. The number of hydrogen-bond donors (Lipinski definition) is 0. The molecule has 0 fully saturated rings. The van der Waals surface area contributed by atoms with Gasteiger partial charge in [0.25, 0.3) is 5.91 Å². The van der Waals surface area contributed by atoms with Crippen LogP contribution >= 0.6 is 0 Å². The lowest BCUT2D eigenvalue weighted by molar-refractivity contribution is -0.133. The molecule has 0 unspecified atom stereocenters. The van der Waals surface area contributed by atoms with Crippen LogP contribution in [0, 0.1) is 6.92 Å². The molecule has 0 aliphatic heterocycles. The van der Waals surface area contributed by atoms with E-state index >= 15 is 0 Å². The first kappa shape index (κ1) is 22.3. The summed E-state index contributed by atoms with van der Waals surface area (Å²) in [7, 11) is 1.97. The summed E-state index contributed by atoms with van der Waals surface area (Å²) in [5.41, 5.74) is 3.81. The van der Waals surface area contributed by atoms with E-state index in [-0.39, 0.29) is 24.4 Å². The Hall–Kier alpha value is -3.34. The minimum absolute atomic E-state index is 0.0433. The normalized spacial score (nSPS) is 10.9. The van der Waals surface area contributed by atoms with Gasteiger partial charge in [0.05, 0.1) is 6.54 Å². The lowest BCUT2D eigenvalue weighted by Crippen LogP contribution is -2.45. The maximum absolute atomic E-state index is 13.4. The Balaban J connectivity index is 1.81. The Labute approximate surface area is 184 Å². The molecule has 0 atom stereocenters. The largest absolute Gasteiger partial charge is 0.353 e. The van der Waals surface area contributed by atoms with Crippen LogP contribution in [0.4, 0.5) is 0 Å². The molecule has 0 radical (unpaired) electrons. The van der Waals surface area contributed by atoms with Crippen LogP contribution in [0.15, 0.2) is 72.9 Å². The van der Waals surface area contributed by atoms with Crippen LogP contribution in [0.3, 0.4) is 0 Å². The molecule has 0 saturated carbocycles. The van der Waals surface area contributed by atoms with E-state index in [1.54, 1.807) is 4.90 Å². The van der Waals surface area contributed by atoms with Crippen LogP contribution in [0.5, 0.6) is 0 Å². The van der Waals surface area contributed by atoms with Gasteiger partial charge in [-0.25, -0.2) is 0 Å². The molecule has 0 saturated heterocycles. The van der Waals surface area contributed by atoms with E-state index in [4.69, 9.17) is 0 Å². The molecular weight excluding hydrogens is 386 g/mol.